The third-order valence-electron chi connectivity index (χ3n) is 3.92. The van der Waals surface area contributed by atoms with Crippen LogP contribution in [-0.2, 0) is 0 Å². The minimum atomic E-state index is -0.650. The number of rotatable bonds is 4. The van der Waals surface area contributed by atoms with Crippen molar-refractivity contribution in [3.8, 4) is 0 Å². The van der Waals surface area contributed by atoms with E-state index in [-0.39, 0.29) is 10.6 Å². The summed E-state index contributed by atoms with van der Waals surface area (Å²) in [5, 5.41) is 6.05. The molecule has 1 aliphatic rings. The van der Waals surface area contributed by atoms with Gasteiger partial charge in [0, 0.05) is 6.04 Å². The van der Waals surface area contributed by atoms with E-state index in [1.807, 2.05) is 0 Å². The van der Waals surface area contributed by atoms with Crippen LogP contribution in [0.25, 0.3) is 0 Å². The molecule has 23 heavy (non-hydrogen) atoms. The van der Waals surface area contributed by atoms with Crippen LogP contribution in [0.15, 0.2) is 36.5 Å². The Morgan fingerprint density at radius 2 is 2.00 bits per heavy atom. The fraction of sp³-hybridized carbons (Fsp3) is 0.294. The molecule has 1 saturated carbocycles. The van der Waals surface area contributed by atoms with Gasteiger partial charge in [-0.15, -0.1) is 0 Å². The number of hydrogen-bond acceptors (Lipinski definition) is 3. The highest BCUT2D eigenvalue weighted by molar-refractivity contribution is 6.34. The molecule has 1 amide bonds. The van der Waals surface area contributed by atoms with E-state index in [9.17, 15) is 9.18 Å². The SMILES string of the molecule is O=C(Nc1ccc(NC2CCCC2)nc1)c1c(F)cccc1Cl. The average molecular weight is 334 g/mol. The van der Waals surface area contributed by atoms with Crippen LogP contribution in [0, 0.1) is 5.82 Å². The lowest BCUT2D eigenvalue weighted by atomic mass is 10.2. The summed E-state index contributed by atoms with van der Waals surface area (Å²) < 4.78 is 13.7. The van der Waals surface area contributed by atoms with Crippen molar-refractivity contribution in [1.29, 1.82) is 0 Å². The molecule has 2 N–H and O–H groups in total. The molecule has 1 aromatic carbocycles. The zero-order valence-corrected chi connectivity index (χ0v) is 13.2. The molecule has 1 aliphatic carbocycles. The topological polar surface area (TPSA) is 54.0 Å². The smallest absolute Gasteiger partial charge is 0.260 e. The van der Waals surface area contributed by atoms with Crippen molar-refractivity contribution >= 4 is 29.0 Å². The van der Waals surface area contributed by atoms with Gasteiger partial charge >= 0.3 is 0 Å². The standard InChI is InChI=1S/C17H17ClFN3O/c18-13-6-3-7-14(19)16(13)17(23)22-12-8-9-15(20-10-12)21-11-4-1-2-5-11/h3,6-11H,1-2,4-5H2,(H,20,21)(H,22,23). The van der Waals surface area contributed by atoms with Crippen molar-refractivity contribution in [2.75, 3.05) is 10.6 Å². The van der Waals surface area contributed by atoms with Gasteiger partial charge < -0.3 is 10.6 Å². The largest absolute Gasteiger partial charge is 0.367 e. The third-order valence-corrected chi connectivity index (χ3v) is 4.23. The van der Waals surface area contributed by atoms with E-state index in [0.717, 1.165) is 18.7 Å². The van der Waals surface area contributed by atoms with Crippen molar-refractivity contribution in [2.45, 2.75) is 31.7 Å². The predicted octanol–water partition coefficient (Wildman–Crippen LogP) is 4.48. The maximum Gasteiger partial charge on any atom is 0.260 e. The molecule has 1 aromatic heterocycles. The van der Waals surface area contributed by atoms with E-state index < -0.39 is 11.7 Å². The quantitative estimate of drug-likeness (QED) is 0.867. The maximum atomic E-state index is 13.7. The highest BCUT2D eigenvalue weighted by Crippen LogP contribution is 2.23. The molecule has 0 unspecified atom stereocenters. The fourth-order valence-corrected chi connectivity index (χ4v) is 2.99. The zero-order valence-electron chi connectivity index (χ0n) is 12.5. The number of nitrogens with zero attached hydrogens (tertiary/aromatic N) is 1. The summed E-state index contributed by atoms with van der Waals surface area (Å²) in [7, 11) is 0. The third kappa shape index (κ3) is 3.79. The van der Waals surface area contributed by atoms with E-state index in [0.29, 0.717) is 11.7 Å². The van der Waals surface area contributed by atoms with Crippen molar-refractivity contribution in [1.82, 2.24) is 4.98 Å². The summed E-state index contributed by atoms with van der Waals surface area (Å²) in [5.74, 6) is -0.465. The Balaban J connectivity index is 1.67. The second-order valence-electron chi connectivity index (χ2n) is 5.61. The second kappa shape index (κ2) is 6.96. The van der Waals surface area contributed by atoms with Crippen LogP contribution in [0.2, 0.25) is 5.02 Å². The molecule has 0 radical (unpaired) electrons. The van der Waals surface area contributed by atoms with Crippen molar-refractivity contribution < 1.29 is 9.18 Å². The number of pyridine rings is 1. The first kappa shape index (κ1) is 15.7. The van der Waals surface area contributed by atoms with Crippen LogP contribution in [0.4, 0.5) is 15.9 Å². The van der Waals surface area contributed by atoms with Gasteiger partial charge in [0.1, 0.15) is 11.6 Å². The molecule has 3 rings (SSSR count). The van der Waals surface area contributed by atoms with Crippen molar-refractivity contribution in [3.63, 3.8) is 0 Å². The number of halogens is 2. The zero-order chi connectivity index (χ0) is 16.2. The maximum absolute atomic E-state index is 13.7. The summed E-state index contributed by atoms with van der Waals surface area (Å²) in [5.41, 5.74) is 0.327. The second-order valence-corrected chi connectivity index (χ2v) is 6.02. The Bertz CT molecular complexity index is 679. The average Bonchev–Trinajstić information content (AvgIpc) is 3.02. The molecule has 120 valence electrons. The molecule has 1 heterocycles. The van der Waals surface area contributed by atoms with Crippen LogP contribution in [0.5, 0.6) is 0 Å². The monoisotopic (exact) mass is 333 g/mol. The minimum absolute atomic E-state index is 0.0787. The number of carbonyl (C=O) groups is 1. The summed E-state index contributed by atoms with van der Waals surface area (Å²) >= 11 is 5.88. The lowest BCUT2D eigenvalue weighted by molar-refractivity contribution is 0.102. The van der Waals surface area contributed by atoms with Crippen LogP contribution in [0.1, 0.15) is 36.0 Å². The van der Waals surface area contributed by atoms with Gasteiger partial charge in [-0.05, 0) is 37.1 Å². The van der Waals surface area contributed by atoms with Gasteiger partial charge in [0.25, 0.3) is 5.91 Å². The number of benzene rings is 1. The molecule has 0 aliphatic heterocycles. The first-order chi connectivity index (χ1) is 11.1. The first-order valence-corrected chi connectivity index (χ1v) is 7.99. The van der Waals surface area contributed by atoms with Crippen LogP contribution >= 0.6 is 11.6 Å². The normalized spacial score (nSPS) is 14.7. The molecular formula is C17H17ClFN3O. The Morgan fingerprint density at radius 1 is 1.22 bits per heavy atom. The molecule has 1 fully saturated rings. The molecule has 6 heteroatoms. The van der Waals surface area contributed by atoms with Gasteiger partial charge in [-0.2, -0.15) is 0 Å². The Kier molecular flexibility index (Phi) is 4.76. The lowest BCUT2D eigenvalue weighted by Gasteiger charge is -2.13. The molecular weight excluding hydrogens is 317 g/mol. The van der Waals surface area contributed by atoms with Crippen molar-refractivity contribution in [3.05, 3.63) is 52.9 Å². The number of amides is 1. The predicted molar refractivity (Wildman–Crippen MR) is 89.5 cm³/mol. The highest BCUT2D eigenvalue weighted by atomic mass is 35.5. The number of aromatic nitrogens is 1. The van der Waals surface area contributed by atoms with Gasteiger partial charge in [0.15, 0.2) is 0 Å². The van der Waals surface area contributed by atoms with E-state index in [2.05, 4.69) is 15.6 Å². The summed E-state index contributed by atoms with van der Waals surface area (Å²) in [6.45, 7) is 0. The molecule has 0 bridgehead atoms. The summed E-state index contributed by atoms with van der Waals surface area (Å²) in [6.07, 6.45) is 6.35. The van der Waals surface area contributed by atoms with Gasteiger partial charge in [-0.3, -0.25) is 4.79 Å². The molecule has 4 nitrogen and oxygen atoms in total. The molecule has 0 atom stereocenters. The Morgan fingerprint density at radius 3 is 2.65 bits per heavy atom. The first-order valence-electron chi connectivity index (χ1n) is 7.61. The van der Waals surface area contributed by atoms with Crippen LogP contribution in [-0.4, -0.2) is 16.9 Å². The van der Waals surface area contributed by atoms with Gasteiger partial charge in [0.05, 0.1) is 22.5 Å². The summed E-state index contributed by atoms with van der Waals surface area (Å²) in [6, 6.07) is 8.15. The van der Waals surface area contributed by atoms with Gasteiger partial charge in [-0.1, -0.05) is 30.5 Å². The Labute approximate surface area is 139 Å². The number of hydrogen-bond donors (Lipinski definition) is 2. The van der Waals surface area contributed by atoms with Crippen LogP contribution < -0.4 is 10.6 Å². The fourth-order valence-electron chi connectivity index (χ4n) is 2.74. The minimum Gasteiger partial charge on any atom is -0.367 e. The lowest BCUT2D eigenvalue weighted by Crippen LogP contribution is -2.16. The number of nitrogens with one attached hydrogen (secondary N) is 2. The molecule has 0 saturated heterocycles. The van der Waals surface area contributed by atoms with E-state index in [1.54, 1.807) is 18.3 Å². The summed E-state index contributed by atoms with van der Waals surface area (Å²) in [4.78, 5) is 16.4. The highest BCUT2D eigenvalue weighted by Gasteiger charge is 2.17. The molecule has 2 aromatic rings. The number of anilines is 2. The van der Waals surface area contributed by atoms with Gasteiger partial charge in [-0.25, -0.2) is 9.37 Å². The Hall–Kier alpha value is -2.14. The van der Waals surface area contributed by atoms with Gasteiger partial charge in [0.2, 0.25) is 0 Å². The molecule has 0 spiro atoms. The van der Waals surface area contributed by atoms with E-state index in [1.165, 1.54) is 31.0 Å². The van der Waals surface area contributed by atoms with E-state index in [4.69, 9.17) is 11.6 Å². The van der Waals surface area contributed by atoms with Crippen LogP contribution in [0.3, 0.4) is 0 Å². The van der Waals surface area contributed by atoms with Crippen molar-refractivity contribution in [2.24, 2.45) is 0 Å². The van der Waals surface area contributed by atoms with E-state index >= 15 is 0 Å². The number of carbonyl (C=O) groups excluding carboxylic acids is 1.